The Morgan fingerprint density at radius 2 is 1.94 bits per heavy atom. The molecule has 1 aromatic rings. The van der Waals surface area contributed by atoms with Gasteiger partial charge in [0.05, 0.1) is 4.92 Å². The fourth-order valence-corrected chi connectivity index (χ4v) is 1.33. The standard InChI is InChI=1S/C12H18N2O2/c1-8(2)10(4)13-11-6-5-9(3)12(7-11)14(15)16/h5-8,10,13H,1-4H3. The molecular formula is C12H18N2O2. The van der Waals surface area contributed by atoms with E-state index in [0.717, 1.165) is 5.69 Å². The first-order chi connectivity index (χ1) is 7.41. The Balaban J connectivity index is 2.91. The fraction of sp³-hybridized carbons (Fsp3) is 0.500. The largest absolute Gasteiger partial charge is 0.382 e. The van der Waals surface area contributed by atoms with Gasteiger partial charge in [0, 0.05) is 23.4 Å². The first-order valence-corrected chi connectivity index (χ1v) is 5.43. The maximum Gasteiger partial charge on any atom is 0.274 e. The van der Waals surface area contributed by atoms with E-state index in [4.69, 9.17) is 0 Å². The van der Waals surface area contributed by atoms with Crippen molar-refractivity contribution in [1.29, 1.82) is 0 Å². The van der Waals surface area contributed by atoms with E-state index in [1.807, 2.05) is 6.07 Å². The summed E-state index contributed by atoms with van der Waals surface area (Å²) >= 11 is 0. The molecule has 1 unspecified atom stereocenters. The fourth-order valence-electron chi connectivity index (χ4n) is 1.33. The van der Waals surface area contributed by atoms with Gasteiger partial charge in [-0.1, -0.05) is 19.9 Å². The highest BCUT2D eigenvalue weighted by Gasteiger charge is 2.13. The van der Waals surface area contributed by atoms with Gasteiger partial charge in [-0.05, 0) is 25.8 Å². The average molecular weight is 222 g/mol. The van der Waals surface area contributed by atoms with Gasteiger partial charge in [-0.2, -0.15) is 0 Å². The lowest BCUT2D eigenvalue weighted by molar-refractivity contribution is -0.385. The van der Waals surface area contributed by atoms with Gasteiger partial charge in [-0.3, -0.25) is 10.1 Å². The van der Waals surface area contributed by atoms with E-state index >= 15 is 0 Å². The van der Waals surface area contributed by atoms with Crippen molar-refractivity contribution in [3.8, 4) is 0 Å². The Labute approximate surface area is 95.8 Å². The van der Waals surface area contributed by atoms with Crippen molar-refractivity contribution in [2.45, 2.75) is 33.7 Å². The molecule has 4 nitrogen and oxygen atoms in total. The Kier molecular flexibility index (Phi) is 3.88. The van der Waals surface area contributed by atoms with Crippen molar-refractivity contribution in [3.05, 3.63) is 33.9 Å². The van der Waals surface area contributed by atoms with E-state index in [1.165, 1.54) is 0 Å². The number of nitrogens with zero attached hydrogens (tertiary/aromatic N) is 1. The van der Waals surface area contributed by atoms with Gasteiger partial charge in [-0.25, -0.2) is 0 Å². The Morgan fingerprint density at radius 1 is 1.31 bits per heavy atom. The zero-order valence-electron chi connectivity index (χ0n) is 10.2. The van der Waals surface area contributed by atoms with Crippen LogP contribution in [0.25, 0.3) is 0 Å². The minimum absolute atomic E-state index is 0.168. The molecular weight excluding hydrogens is 204 g/mol. The third-order valence-electron chi connectivity index (χ3n) is 2.80. The molecule has 16 heavy (non-hydrogen) atoms. The van der Waals surface area contributed by atoms with E-state index in [9.17, 15) is 10.1 Å². The molecule has 1 rings (SSSR count). The molecule has 1 aromatic carbocycles. The average Bonchev–Trinajstić information content (AvgIpc) is 2.20. The maximum atomic E-state index is 10.8. The molecule has 0 amide bonds. The predicted octanol–water partition coefficient (Wildman–Crippen LogP) is 3.36. The number of aryl methyl sites for hydroxylation is 1. The third kappa shape index (κ3) is 2.95. The van der Waals surface area contributed by atoms with Crippen LogP contribution in [0, 0.1) is 23.0 Å². The van der Waals surface area contributed by atoms with Crippen molar-refractivity contribution >= 4 is 11.4 Å². The zero-order valence-corrected chi connectivity index (χ0v) is 10.2. The number of nitrogens with one attached hydrogen (secondary N) is 1. The van der Waals surface area contributed by atoms with E-state index < -0.39 is 0 Å². The number of anilines is 1. The highest BCUT2D eigenvalue weighted by Crippen LogP contribution is 2.23. The van der Waals surface area contributed by atoms with E-state index in [2.05, 4.69) is 26.1 Å². The van der Waals surface area contributed by atoms with Gasteiger partial charge in [0.25, 0.3) is 5.69 Å². The Morgan fingerprint density at radius 3 is 2.44 bits per heavy atom. The Hall–Kier alpha value is -1.58. The van der Waals surface area contributed by atoms with Gasteiger partial charge < -0.3 is 5.32 Å². The monoisotopic (exact) mass is 222 g/mol. The highest BCUT2D eigenvalue weighted by atomic mass is 16.6. The molecule has 0 aliphatic rings. The summed E-state index contributed by atoms with van der Waals surface area (Å²) in [5.41, 5.74) is 1.66. The van der Waals surface area contributed by atoms with E-state index in [-0.39, 0.29) is 10.6 Å². The second-order valence-corrected chi connectivity index (χ2v) is 4.44. The van der Waals surface area contributed by atoms with Crippen molar-refractivity contribution in [1.82, 2.24) is 0 Å². The first-order valence-electron chi connectivity index (χ1n) is 5.43. The Bertz CT molecular complexity index is 389. The van der Waals surface area contributed by atoms with Gasteiger partial charge in [0.2, 0.25) is 0 Å². The summed E-state index contributed by atoms with van der Waals surface area (Å²) < 4.78 is 0. The van der Waals surface area contributed by atoms with Crippen LogP contribution in [0.1, 0.15) is 26.3 Å². The third-order valence-corrected chi connectivity index (χ3v) is 2.80. The summed E-state index contributed by atoms with van der Waals surface area (Å²) in [7, 11) is 0. The molecule has 0 bridgehead atoms. The van der Waals surface area contributed by atoms with Crippen molar-refractivity contribution < 1.29 is 4.92 Å². The lowest BCUT2D eigenvalue weighted by atomic mass is 10.1. The topological polar surface area (TPSA) is 55.2 Å². The molecule has 0 radical (unpaired) electrons. The van der Waals surface area contributed by atoms with Crippen LogP contribution in [-0.4, -0.2) is 11.0 Å². The van der Waals surface area contributed by atoms with Crippen molar-refractivity contribution in [3.63, 3.8) is 0 Å². The molecule has 0 spiro atoms. The lowest BCUT2D eigenvalue weighted by Gasteiger charge is -2.18. The van der Waals surface area contributed by atoms with Crippen LogP contribution >= 0.6 is 0 Å². The zero-order chi connectivity index (χ0) is 12.3. The summed E-state index contributed by atoms with van der Waals surface area (Å²) in [4.78, 5) is 10.4. The first kappa shape index (κ1) is 12.5. The van der Waals surface area contributed by atoms with Gasteiger partial charge in [0.1, 0.15) is 0 Å². The summed E-state index contributed by atoms with van der Waals surface area (Å²) in [5.74, 6) is 0.486. The number of nitro groups is 1. The van der Waals surface area contributed by atoms with Gasteiger partial charge >= 0.3 is 0 Å². The molecule has 4 heteroatoms. The molecule has 0 heterocycles. The molecule has 1 atom stereocenters. The normalized spacial score (nSPS) is 12.6. The number of benzene rings is 1. The molecule has 1 N–H and O–H groups in total. The SMILES string of the molecule is Cc1ccc(NC(C)C(C)C)cc1[N+](=O)[O-]. The predicted molar refractivity (Wildman–Crippen MR) is 65.8 cm³/mol. The summed E-state index contributed by atoms with van der Waals surface area (Å²) in [5, 5.41) is 14.0. The number of hydrogen-bond acceptors (Lipinski definition) is 3. The minimum Gasteiger partial charge on any atom is -0.382 e. The molecule has 0 aliphatic carbocycles. The molecule has 0 aliphatic heterocycles. The molecule has 0 saturated carbocycles. The summed E-state index contributed by atoms with van der Waals surface area (Å²) in [6.07, 6.45) is 0. The maximum absolute atomic E-state index is 10.8. The second-order valence-electron chi connectivity index (χ2n) is 4.44. The number of nitro benzene ring substituents is 1. The summed E-state index contributed by atoms with van der Waals surface area (Å²) in [6.45, 7) is 8.03. The molecule has 0 fully saturated rings. The van der Waals surface area contributed by atoms with E-state index in [0.29, 0.717) is 17.5 Å². The van der Waals surface area contributed by atoms with Crippen LogP contribution in [0.15, 0.2) is 18.2 Å². The van der Waals surface area contributed by atoms with Crippen LogP contribution in [0.4, 0.5) is 11.4 Å². The molecule has 88 valence electrons. The van der Waals surface area contributed by atoms with E-state index in [1.54, 1.807) is 19.1 Å². The number of rotatable bonds is 4. The quantitative estimate of drug-likeness (QED) is 0.627. The minimum atomic E-state index is -0.347. The number of hydrogen-bond donors (Lipinski definition) is 1. The smallest absolute Gasteiger partial charge is 0.274 e. The highest BCUT2D eigenvalue weighted by molar-refractivity contribution is 5.55. The second kappa shape index (κ2) is 4.96. The lowest BCUT2D eigenvalue weighted by Crippen LogP contribution is -2.21. The van der Waals surface area contributed by atoms with Gasteiger partial charge in [0.15, 0.2) is 0 Å². The van der Waals surface area contributed by atoms with Crippen molar-refractivity contribution in [2.24, 2.45) is 5.92 Å². The van der Waals surface area contributed by atoms with Crippen LogP contribution < -0.4 is 5.32 Å². The summed E-state index contributed by atoms with van der Waals surface area (Å²) in [6, 6.07) is 5.53. The molecule has 0 aromatic heterocycles. The van der Waals surface area contributed by atoms with Gasteiger partial charge in [-0.15, -0.1) is 0 Å². The van der Waals surface area contributed by atoms with Crippen LogP contribution in [0.3, 0.4) is 0 Å². The van der Waals surface area contributed by atoms with Crippen LogP contribution in [0.5, 0.6) is 0 Å². The van der Waals surface area contributed by atoms with Crippen LogP contribution in [-0.2, 0) is 0 Å². The van der Waals surface area contributed by atoms with Crippen molar-refractivity contribution in [2.75, 3.05) is 5.32 Å². The molecule has 0 saturated heterocycles. The van der Waals surface area contributed by atoms with Crippen LogP contribution in [0.2, 0.25) is 0 Å².